The van der Waals surface area contributed by atoms with Crippen LogP contribution in [0.5, 0.6) is 0 Å². The van der Waals surface area contributed by atoms with Crippen molar-refractivity contribution in [2.45, 2.75) is 39.2 Å². The first kappa shape index (κ1) is 13.0. The van der Waals surface area contributed by atoms with Gasteiger partial charge in [-0.15, -0.1) is 22.7 Å². The van der Waals surface area contributed by atoms with Crippen LogP contribution >= 0.6 is 22.7 Å². The molecule has 1 unspecified atom stereocenters. The third-order valence-electron chi connectivity index (χ3n) is 3.43. The van der Waals surface area contributed by atoms with Crippen molar-refractivity contribution in [2.75, 3.05) is 0 Å². The van der Waals surface area contributed by atoms with Crippen LogP contribution in [0.15, 0.2) is 17.5 Å². The fraction of sp³-hybridized carbons (Fsp3) is 0.538. The number of hydrogen-bond donors (Lipinski definition) is 2. The number of nitrogens with two attached hydrogens (primary N) is 1. The smallest absolute Gasteiger partial charge is 0.0556 e. The minimum Gasteiger partial charge on any atom is -0.271 e. The van der Waals surface area contributed by atoms with Gasteiger partial charge in [-0.1, -0.05) is 26.7 Å². The molecule has 94 valence electrons. The molecule has 1 atom stereocenters. The molecule has 0 saturated heterocycles. The molecule has 0 spiro atoms. The topological polar surface area (TPSA) is 38.0 Å². The van der Waals surface area contributed by atoms with E-state index in [2.05, 4.69) is 36.8 Å². The lowest BCUT2D eigenvalue weighted by atomic mass is 9.94. The number of hydrazine groups is 1. The van der Waals surface area contributed by atoms with Gasteiger partial charge >= 0.3 is 0 Å². The van der Waals surface area contributed by atoms with Gasteiger partial charge in [0.15, 0.2) is 0 Å². The van der Waals surface area contributed by atoms with Crippen LogP contribution in [0.3, 0.4) is 0 Å². The van der Waals surface area contributed by atoms with Crippen LogP contribution in [0.1, 0.15) is 44.0 Å². The molecule has 3 N–H and O–H groups in total. The molecule has 17 heavy (non-hydrogen) atoms. The van der Waals surface area contributed by atoms with E-state index in [4.69, 9.17) is 5.84 Å². The Hall–Kier alpha value is -0.420. The zero-order valence-electron chi connectivity index (χ0n) is 10.4. The molecule has 0 bridgehead atoms. The molecule has 0 aliphatic heterocycles. The quantitative estimate of drug-likeness (QED) is 0.606. The number of hydrogen-bond acceptors (Lipinski definition) is 4. The SMILES string of the molecule is CCC(CC)CC(NN)c1cc2sccc2s1. The number of thiophene rings is 2. The maximum Gasteiger partial charge on any atom is 0.0556 e. The van der Waals surface area contributed by atoms with Crippen molar-refractivity contribution >= 4 is 32.1 Å². The Morgan fingerprint density at radius 2 is 2.06 bits per heavy atom. The first-order valence-electron chi connectivity index (χ1n) is 6.21. The Labute approximate surface area is 111 Å². The van der Waals surface area contributed by atoms with E-state index < -0.39 is 0 Å². The second-order valence-corrected chi connectivity index (χ2v) is 6.50. The summed E-state index contributed by atoms with van der Waals surface area (Å²) in [6, 6.07) is 4.79. The molecule has 4 heteroatoms. The highest BCUT2D eigenvalue weighted by Crippen LogP contribution is 2.35. The zero-order chi connectivity index (χ0) is 12.3. The van der Waals surface area contributed by atoms with Gasteiger partial charge in [-0.05, 0) is 29.9 Å². The Bertz CT molecular complexity index is 428. The summed E-state index contributed by atoms with van der Waals surface area (Å²) in [6.07, 6.45) is 3.60. The summed E-state index contributed by atoms with van der Waals surface area (Å²) in [4.78, 5) is 1.38. The van der Waals surface area contributed by atoms with Gasteiger partial charge in [0.25, 0.3) is 0 Å². The zero-order valence-corrected chi connectivity index (χ0v) is 12.0. The fourth-order valence-electron chi connectivity index (χ4n) is 2.18. The van der Waals surface area contributed by atoms with Gasteiger partial charge in [0, 0.05) is 14.3 Å². The summed E-state index contributed by atoms with van der Waals surface area (Å²) >= 11 is 3.68. The molecule has 0 radical (unpaired) electrons. The molecule has 0 fully saturated rings. The summed E-state index contributed by atoms with van der Waals surface area (Å²) in [5.41, 5.74) is 2.98. The van der Waals surface area contributed by atoms with E-state index in [1.807, 2.05) is 22.7 Å². The van der Waals surface area contributed by atoms with Gasteiger partial charge in [0.2, 0.25) is 0 Å². The molecule has 2 aromatic heterocycles. The molecule has 0 aliphatic rings. The standard InChI is InChI=1S/C13H20N2S2/c1-3-9(4-2)7-10(15-14)12-8-13-11(17-12)5-6-16-13/h5-6,8-10,15H,3-4,7,14H2,1-2H3. The normalized spacial score (nSPS) is 13.6. The highest BCUT2D eigenvalue weighted by atomic mass is 32.1. The van der Waals surface area contributed by atoms with Crippen molar-refractivity contribution in [3.63, 3.8) is 0 Å². The first-order valence-corrected chi connectivity index (χ1v) is 7.91. The Morgan fingerprint density at radius 1 is 1.29 bits per heavy atom. The van der Waals surface area contributed by atoms with Crippen LogP contribution in [0, 0.1) is 5.92 Å². The van der Waals surface area contributed by atoms with Gasteiger partial charge in [-0.25, -0.2) is 0 Å². The van der Waals surface area contributed by atoms with Crippen LogP contribution in [0.2, 0.25) is 0 Å². The average Bonchev–Trinajstić information content (AvgIpc) is 2.91. The lowest BCUT2D eigenvalue weighted by Crippen LogP contribution is -2.29. The molecular weight excluding hydrogens is 248 g/mol. The third kappa shape index (κ3) is 2.88. The third-order valence-corrected chi connectivity index (χ3v) is 5.63. The summed E-state index contributed by atoms with van der Waals surface area (Å²) in [5, 5.41) is 2.15. The molecule has 2 rings (SSSR count). The van der Waals surface area contributed by atoms with Crippen LogP contribution in [0.4, 0.5) is 0 Å². The van der Waals surface area contributed by atoms with E-state index in [9.17, 15) is 0 Å². The lowest BCUT2D eigenvalue weighted by Gasteiger charge is -2.20. The monoisotopic (exact) mass is 268 g/mol. The van der Waals surface area contributed by atoms with Crippen LogP contribution < -0.4 is 11.3 Å². The van der Waals surface area contributed by atoms with Gasteiger partial charge < -0.3 is 0 Å². The second kappa shape index (κ2) is 5.96. The highest BCUT2D eigenvalue weighted by Gasteiger charge is 2.17. The number of rotatable bonds is 6. The Morgan fingerprint density at radius 3 is 2.65 bits per heavy atom. The van der Waals surface area contributed by atoms with Gasteiger partial charge in [-0.2, -0.15) is 0 Å². The highest BCUT2D eigenvalue weighted by molar-refractivity contribution is 7.26. The summed E-state index contributed by atoms with van der Waals surface area (Å²) in [6.45, 7) is 4.52. The summed E-state index contributed by atoms with van der Waals surface area (Å²) < 4.78 is 2.77. The maximum atomic E-state index is 5.71. The van der Waals surface area contributed by atoms with Crippen molar-refractivity contribution < 1.29 is 0 Å². The fourth-order valence-corrected chi connectivity index (χ4v) is 4.37. The number of fused-ring (bicyclic) bond motifs is 1. The minimum atomic E-state index is 0.310. The van der Waals surface area contributed by atoms with E-state index in [-0.39, 0.29) is 0 Å². The molecule has 0 saturated carbocycles. The van der Waals surface area contributed by atoms with E-state index in [0.717, 1.165) is 12.3 Å². The summed E-state index contributed by atoms with van der Waals surface area (Å²) in [7, 11) is 0. The molecule has 0 aliphatic carbocycles. The predicted octanol–water partition coefficient (Wildman–Crippen LogP) is 4.29. The van der Waals surface area contributed by atoms with Crippen molar-refractivity contribution in [1.29, 1.82) is 0 Å². The Balaban J connectivity index is 2.14. The van der Waals surface area contributed by atoms with Crippen LogP contribution in [0.25, 0.3) is 9.40 Å². The molecule has 2 nitrogen and oxygen atoms in total. The Kier molecular flexibility index (Phi) is 4.56. The maximum absolute atomic E-state index is 5.71. The van der Waals surface area contributed by atoms with Crippen molar-refractivity contribution in [3.05, 3.63) is 22.4 Å². The van der Waals surface area contributed by atoms with Gasteiger partial charge in [0.1, 0.15) is 0 Å². The van der Waals surface area contributed by atoms with E-state index in [1.165, 1.54) is 27.1 Å². The van der Waals surface area contributed by atoms with E-state index in [1.54, 1.807) is 0 Å². The van der Waals surface area contributed by atoms with Crippen LogP contribution in [-0.2, 0) is 0 Å². The molecule has 2 heterocycles. The molecule has 2 aromatic rings. The lowest BCUT2D eigenvalue weighted by molar-refractivity contribution is 0.378. The summed E-state index contributed by atoms with van der Waals surface area (Å²) in [5.74, 6) is 6.47. The molecule has 0 amide bonds. The molecular formula is C13H20N2S2. The minimum absolute atomic E-state index is 0.310. The van der Waals surface area contributed by atoms with E-state index in [0.29, 0.717) is 6.04 Å². The van der Waals surface area contributed by atoms with E-state index >= 15 is 0 Å². The van der Waals surface area contributed by atoms with Crippen LogP contribution in [-0.4, -0.2) is 0 Å². The number of nitrogens with one attached hydrogen (secondary N) is 1. The second-order valence-electron chi connectivity index (χ2n) is 4.44. The van der Waals surface area contributed by atoms with Gasteiger partial charge in [0.05, 0.1) is 6.04 Å². The first-order chi connectivity index (χ1) is 8.28. The van der Waals surface area contributed by atoms with Gasteiger partial charge in [-0.3, -0.25) is 11.3 Å². The van der Waals surface area contributed by atoms with Crippen molar-refractivity contribution in [1.82, 2.24) is 5.43 Å². The van der Waals surface area contributed by atoms with Crippen molar-refractivity contribution in [3.8, 4) is 0 Å². The van der Waals surface area contributed by atoms with Crippen molar-refractivity contribution in [2.24, 2.45) is 11.8 Å². The average molecular weight is 268 g/mol. The predicted molar refractivity (Wildman–Crippen MR) is 78.5 cm³/mol. The molecule has 0 aromatic carbocycles. The largest absolute Gasteiger partial charge is 0.271 e.